The van der Waals surface area contributed by atoms with Crippen molar-refractivity contribution in [1.82, 2.24) is 14.9 Å². The van der Waals surface area contributed by atoms with E-state index in [0.717, 1.165) is 5.69 Å². The highest BCUT2D eigenvalue weighted by atomic mass is 35.5. The molecule has 19 heavy (non-hydrogen) atoms. The molecule has 0 aliphatic carbocycles. The van der Waals surface area contributed by atoms with Crippen LogP contribution in [0.5, 0.6) is 0 Å². The minimum absolute atomic E-state index is 0.143. The Bertz CT molecular complexity index is 560. The summed E-state index contributed by atoms with van der Waals surface area (Å²) in [7, 11) is 0. The summed E-state index contributed by atoms with van der Waals surface area (Å²) in [6.07, 6.45) is 1.71. The zero-order valence-corrected chi connectivity index (χ0v) is 11.3. The Morgan fingerprint density at radius 1 is 1.26 bits per heavy atom. The van der Waals surface area contributed by atoms with E-state index in [0.29, 0.717) is 23.9 Å². The molecule has 4 nitrogen and oxygen atoms in total. The van der Waals surface area contributed by atoms with Crippen LogP contribution in [0.25, 0.3) is 0 Å². The second-order valence-corrected chi connectivity index (χ2v) is 4.37. The third-order valence-corrected chi connectivity index (χ3v) is 2.89. The first-order valence-corrected chi connectivity index (χ1v) is 6.40. The van der Waals surface area contributed by atoms with Crippen molar-refractivity contribution in [2.75, 3.05) is 6.54 Å². The summed E-state index contributed by atoms with van der Waals surface area (Å²) in [5.74, 6) is -0.143. The van der Waals surface area contributed by atoms with E-state index in [1.165, 1.54) is 0 Å². The average molecular weight is 276 g/mol. The van der Waals surface area contributed by atoms with Crippen molar-refractivity contribution < 1.29 is 4.79 Å². The minimum atomic E-state index is -0.143. The van der Waals surface area contributed by atoms with Crippen LogP contribution in [0.15, 0.2) is 42.6 Å². The van der Waals surface area contributed by atoms with Gasteiger partial charge in [0.15, 0.2) is 0 Å². The van der Waals surface area contributed by atoms with Crippen molar-refractivity contribution in [1.29, 1.82) is 0 Å². The lowest BCUT2D eigenvalue weighted by atomic mass is 10.2. The molecule has 98 valence electrons. The lowest BCUT2D eigenvalue weighted by Crippen LogP contribution is -2.31. The fourth-order valence-corrected chi connectivity index (χ4v) is 1.87. The van der Waals surface area contributed by atoms with Crippen molar-refractivity contribution in [2.45, 2.75) is 13.5 Å². The van der Waals surface area contributed by atoms with Crippen LogP contribution in [0.3, 0.4) is 0 Å². The van der Waals surface area contributed by atoms with Gasteiger partial charge in [-0.05, 0) is 31.2 Å². The third kappa shape index (κ3) is 3.51. The topological polar surface area (TPSA) is 46.1 Å². The molecule has 0 bridgehead atoms. The van der Waals surface area contributed by atoms with Crippen LogP contribution in [0.4, 0.5) is 0 Å². The molecule has 1 amide bonds. The number of halogens is 1. The SMILES string of the molecule is CCN(Cc1ccccn1)C(=O)c1cccc(Cl)n1. The van der Waals surface area contributed by atoms with Gasteiger partial charge in [0.25, 0.3) is 5.91 Å². The maximum Gasteiger partial charge on any atom is 0.272 e. The van der Waals surface area contributed by atoms with Gasteiger partial charge in [0.1, 0.15) is 10.8 Å². The zero-order valence-electron chi connectivity index (χ0n) is 10.6. The molecule has 5 heteroatoms. The second kappa shape index (κ2) is 6.29. The highest BCUT2D eigenvalue weighted by Crippen LogP contribution is 2.10. The standard InChI is InChI=1S/C14H14ClN3O/c1-2-18(10-11-6-3-4-9-16-11)14(19)12-7-5-8-13(15)17-12/h3-9H,2,10H2,1H3. The molecule has 0 fully saturated rings. The molecule has 0 N–H and O–H groups in total. The molecule has 2 aromatic rings. The molecular weight excluding hydrogens is 262 g/mol. The monoisotopic (exact) mass is 275 g/mol. The normalized spacial score (nSPS) is 10.2. The molecule has 0 saturated heterocycles. The number of hydrogen-bond acceptors (Lipinski definition) is 3. The predicted molar refractivity (Wildman–Crippen MR) is 73.9 cm³/mol. The van der Waals surface area contributed by atoms with Crippen LogP contribution in [0, 0.1) is 0 Å². The van der Waals surface area contributed by atoms with Crippen LogP contribution >= 0.6 is 11.6 Å². The van der Waals surface area contributed by atoms with Crippen molar-refractivity contribution in [3.8, 4) is 0 Å². The maximum absolute atomic E-state index is 12.3. The Kier molecular flexibility index (Phi) is 4.47. The van der Waals surface area contributed by atoms with E-state index in [9.17, 15) is 4.79 Å². The van der Waals surface area contributed by atoms with Gasteiger partial charge in [-0.2, -0.15) is 0 Å². The number of pyridine rings is 2. The Morgan fingerprint density at radius 3 is 2.74 bits per heavy atom. The number of carbonyl (C=O) groups excluding carboxylic acids is 1. The van der Waals surface area contributed by atoms with Crippen LogP contribution in [-0.2, 0) is 6.54 Å². The molecule has 0 unspecified atom stereocenters. The molecule has 0 aliphatic heterocycles. The van der Waals surface area contributed by atoms with E-state index in [-0.39, 0.29) is 5.91 Å². The second-order valence-electron chi connectivity index (χ2n) is 3.99. The first kappa shape index (κ1) is 13.5. The van der Waals surface area contributed by atoms with Crippen molar-refractivity contribution in [3.05, 3.63) is 59.1 Å². The number of nitrogens with zero attached hydrogens (tertiary/aromatic N) is 3. The zero-order chi connectivity index (χ0) is 13.7. The molecule has 0 saturated carbocycles. The number of hydrogen-bond donors (Lipinski definition) is 0. The van der Waals surface area contributed by atoms with Crippen LogP contribution < -0.4 is 0 Å². The largest absolute Gasteiger partial charge is 0.332 e. The van der Waals surface area contributed by atoms with E-state index in [1.54, 1.807) is 29.3 Å². The highest BCUT2D eigenvalue weighted by Gasteiger charge is 2.16. The maximum atomic E-state index is 12.3. The molecule has 0 radical (unpaired) electrons. The van der Waals surface area contributed by atoms with Crippen molar-refractivity contribution in [3.63, 3.8) is 0 Å². The third-order valence-electron chi connectivity index (χ3n) is 2.68. The van der Waals surface area contributed by atoms with Crippen LogP contribution in [0.1, 0.15) is 23.1 Å². The van der Waals surface area contributed by atoms with E-state index >= 15 is 0 Å². The van der Waals surface area contributed by atoms with Gasteiger partial charge < -0.3 is 4.90 Å². The van der Waals surface area contributed by atoms with E-state index < -0.39 is 0 Å². The molecular formula is C14H14ClN3O. The van der Waals surface area contributed by atoms with Crippen molar-refractivity contribution in [2.24, 2.45) is 0 Å². The molecule has 0 aliphatic rings. The summed E-state index contributed by atoms with van der Waals surface area (Å²) in [5.41, 5.74) is 1.20. The van der Waals surface area contributed by atoms with Gasteiger partial charge in [0, 0.05) is 12.7 Å². The fraction of sp³-hybridized carbons (Fsp3) is 0.214. The number of rotatable bonds is 4. The molecule has 2 rings (SSSR count). The Balaban J connectivity index is 2.16. The van der Waals surface area contributed by atoms with Gasteiger partial charge in [-0.15, -0.1) is 0 Å². The Morgan fingerprint density at radius 2 is 2.11 bits per heavy atom. The first-order valence-electron chi connectivity index (χ1n) is 6.02. The minimum Gasteiger partial charge on any atom is -0.332 e. The molecule has 0 spiro atoms. The Labute approximate surface area is 117 Å². The summed E-state index contributed by atoms with van der Waals surface area (Å²) < 4.78 is 0. The molecule has 2 heterocycles. The first-order chi connectivity index (χ1) is 9.20. The fourth-order valence-electron chi connectivity index (χ4n) is 1.70. The number of carbonyl (C=O) groups is 1. The van der Waals surface area contributed by atoms with E-state index in [4.69, 9.17) is 11.6 Å². The van der Waals surface area contributed by atoms with Crippen LogP contribution in [0.2, 0.25) is 5.15 Å². The summed E-state index contributed by atoms with van der Waals surface area (Å²) in [6, 6.07) is 10.7. The Hall–Kier alpha value is -1.94. The van der Waals surface area contributed by atoms with Gasteiger partial charge in [0.2, 0.25) is 0 Å². The number of aromatic nitrogens is 2. The molecule has 0 aromatic carbocycles. The van der Waals surface area contributed by atoms with Gasteiger partial charge in [-0.3, -0.25) is 9.78 Å². The van der Waals surface area contributed by atoms with Gasteiger partial charge in [-0.1, -0.05) is 23.7 Å². The quantitative estimate of drug-likeness (QED) is 0.806. The van der Waals surface area contributed by atoms with Gasteiger partial charge >= 0.3 is 0 Å². The summed E-state index contributed by atoms with van der Waals surface area (Å²) in [5, 5.41) is 0.319. The van der Waals surface area contributed by atoms with Gasteiger partial charge in [-0.25, -0.2) is 4.98 Å². The summed E-state index contributed by atoms with van der Waals surface area (Å²) >= 11 is 5.80. The lowest BCUT2D eigenvalue weighted by Gasteiger charge is -2.20. The predicted octanol–water partition coefficient (Wildman–Crippen LogP) is 2.79. The van der Waals surface area contributed by atoms with E-state index in [1.807, 2.05) is 25.1 Å². The number of amides is 1. The smallest absolute Gasteiger partial charge is 0.272 e. The van der Waals surface area contributed by atoms with E-state index in [2.05, 4.69) is 9.97 Å². The van der Waals surface area contributed by atoms with Gasteiger partial charge in [0.05, 0.1) is 12.2 Å². The molecule has 0 atom stereocenters. The average Bonchev–Trinajstić information content (AvgIpc) is 2.45. The highest BCUT2D eigenvalue weighted by molar-refractivity contribution is 6.29. The van der Waals surface area contributed by atoms with Crippen LogP contribution in [-0.4, -0.2) is 27.3 Å². The molecule has 2 aromatic heterocycles. The summed E-state index contributed by atoms with van der Waals surface area (Å²) in [6.45, 7) is 2.97. The summed E-state index contributed by atoms with van der Waals surface area (Å²) in [4.78, 5) is 22.2. The lowest BCUT2D eigenvalue weighted by molar-refractivity contribution is 0.0744. The van der Waals surface area contributed by atoms with Crippen molar-refractivity contribution >= 4 is 17.5 Å².